The fourth-order valence-corrected chi connectivity index (χ4v) is 3.39. The summed E-state index contributed by atoms with van der Waals surface area (Å²) in [5.41, 5.74) is 1.90. The maximum atomic E-state index is 11.4. The van der Waals surface area contributed by atoms with E-state index in [2.05, 4.69) is 15.6 Å². The van der Waals surface area contributed by atoms with Gasteiger partial charge in [0.25, 0.3) is 0 Å². The number of nitrogens with one attached hydrogen (secondary N) is 2. The van der Waals surface area contributed by atoms with E-state index in [1.807, 2.05) is 31.3 Å². The summed E-state index contributed by atoms with van der Waals surface area (Å²) in [5.74, 6) is 0.563. The van der Waals surface area contributed by atoms with E-state index in [-0.39, 0.29) is 5.91 Å². The van der Waals surface area contributed by atoms with Crippen molar-refractivity contribution < 1.29 is 4.79 Å². The standard InChI is InChI=1S/C13H13N3OS2/c1-8-14-5-10(19-8)6-15-9-2-3-12-11(4-9)16-13(17)7-18-12/h2-5,15H,6-7H2,1H3,(H,16,17). The van der Waals surface area contributed by atoms with Gasteiger partial charge in [-0.05, 0) is 25.1 Å². The van der Waals surface area contributed by atoms with Crippen molar-refractivity contribution in [1.82, 2.24) is 4.98 Å². The zero-order valence-corrected chi connectivity index (χ0v) is 12.0. The number of nitrogens with zero attached hydrogens (tertiary/aromatic N) is 1. The summed E-state index contributed by atoms with van der Waals surface area (Å²) in [7, 11) is 0. The van der Waals surface area contributed by atoms with Gasteiger partial charge in [-0.2, -0.15) is 0 Å². The number of amides is 1. The summed E-state index contributed by atoms with van der Waals surface area (Å²) in [6.45, 7) is 2.76. The molecule has 0 bridgehead atoms. The molecule has 1 aliphatic rings. The van der Waals surface area contributed by atoms with Gasteiger partial charge in [-0.3, -0.25) is 4.79 Å². The van der Waals surface area contributed by atoms with Crippen LogP contribution in [0.15, 0.2) is 29.3 Å². The average molecular weight is 291 g/mol. The van der Waals surface area contributed by atoms with E-state index < -0.39 is 0 Å². The molecular formula is C13H13N3OS2. The summed E-state index contributed by atoms with van der Waals surface area (Å²) in [5, 5.41) is 7.32. The van der Waals surface area contributed by atoms with Crippen molar-refractivity contribution in [1.29, 1.82) is 0 Å². The number of thiazole rings is 1. The van der Waals surface area contributed by atoms with Crippen LogP contribution in [0, 0.1) is 6.92 Å². The number of benzene rings is 1. The molecule has 19 heavy (non-hydrogen) atoms. The van der Waals surface area contributed by atoms with Crippen LogP contribution in [0.3, 0.4) is 0 Å². The first-order valence-corrected chi connectivity index (χ1v) is 7.73. The molecule has 2 heterocycles. The van der Waals surface area contributed by atoms with E-state index in [9.17, 15) is 4.79 Å². The second-order valence-corrected chi connectivity index (χ2v) is 6.58. The average Bonchev–Trinajstić information content (AvgIpc) is 2.81. The second-order valence-electron chi connectivity index (χ2n) is 4.25. The molecule has 0 atom stereocenters. The smallest absolute Gasteiger partial charge is 0.234 e. The summed E-state index contributed by atoms with van der Waals surface area (Å²) in [4.78, 5) is 17.9. The first kappa shape index (κ1) is 12.5. The highest BCUT2D eigenvalue weighted by Crippen LogP contribution is 2.33. The Labute approximate surface area is 119 Å². The van der Waals surface area contributed by atoms with Gasteiger partial charge in [0.1, 0.15) is 0 Å². The van der Waals surface area contributed by atoms with E-state index >= 15 is 0 Å². The van der Waals surface area contributed by atoms with Crippen LogP contribution in [-0.2, 0) is 11.3 Å². The minimum Gasteiger partial charge on any atom is -0.380 e. The number of carbonyl (C=O) groups is 1. The predicted octanol–water partition coefficient (Wildman–Crippen LogP) is 3.11. The topological polar surface area (TPSA) is 54.0 Å². The quantitative estimate of drug-likeness (QED) is 0.912. The molecule has 1 amide bonds. The summed E-state index contributed by atoms with van der Waals surface area (Å²) < 4.78 is 0. The number of aryl methyl sites for hydroxylation is 1. The largest absolute Gasteiger partial charge is 0.380 e. The maximum absolute atomic E-state index is 11.4. The first-order valence-electron chi connectivity index (χ1n) is 5.92. The Hall–Kier alpha value is -1.53. The van der Waals surface area contributed by atoms with Gasteiger partial charge in [0.2, 0.25) is 5.91 Å². The molecule has 2 N–H and O–H groups in total. The van der Waals surface area contributed by atoms with E-state index in [0.29, 0.717) is 5.75 Å². The Kier molecular flexibility index (Phi) is 3.44. The van der Waals surface area contributed by atoms with Crippen molar-refractivity contribution in [2.45, 2.75) is 18.4 Å². The third-order valence-corrected chi connectivity index (χ3v) is 4.73. The molecule has 6 heteroatoms. The fourth-order valence-electron chi connectivity index (χ4n) is 1.87. The fraction of sp³-hybridized carbons (Fsp3) is 0.231. The highest BCUT2D eigenvalue weighted by atomic mass is 32.2. The van der Waals surface area contributed by atoms with Gasteiger partial charge in [0.05, 0.1) is 23.0 Å². The molecular weight excluding hydrogens is 278 g/mol. The van der Waals surface area contributed by atoms with Gasteiger partial charge >= 0.3 is 0 Å². The molecule has 0 fully saturated rings. The van der Waals surface area contributed by atoms with E-state index in [1.165, 1.54) is 4.88 Å². The van der Waals surface area contributed by atoms with Gasteiger partial charge in [0.15, 0.2) is 0 Å². The summed E-state index contributed by atoms with van der Waals surface area (Å²) >= 11 is 3.26. The summed E-state index contributed by atoms with van der Waals surface area (Å²) in [6.07, 6.45) is 1.89. The minimum atomic E-state index is 0.0627. The van der Waals surface area contributed by atoms with Crippen LogP contribution < -0.4 is 10.6 Å². The number of anilines is 2. The van der Waals surface area contributed by atoms with Crippen molar-refractivity contribution in [3.8, 4) is 0 Å². The van der Waals surface area contributed by atoms with Crippen LogP contribution in [0.1, 0.15) is 9.88 Å². The van der Waals surface area contributed by atoms with Gasteiger partial charge < -0.3 is 10.6 Å². The molecule has 0 radical (unpaired) electrons. The number of aromatic nitrogens is 1. The van der Waals surface area contributed by atoms with Crippen LogP contribution >= 0.6 is 23.1 Å². The van der Waals surface area contributed by atoms with Crippen molar-refractivity contribution in [2.75, 3.05) is 16.4 Å². The number of thioether (sulfide) groups is 1. The summed E-state index contributed by atoms with van der Waals surface area (Å²) in [6, 6.07) is 6.06. The number of fused-ring (bicyclic) bond motifs is 1. The minimum absolute atomic E-state index is 0.0627. The molecule has 3 rings (SSSR count). The molecule has 0 saturated heterocycles. The molecule has 0 aliphatic carbocycles. The van der Waals surface area contributed by atoms with Crippen molar-refractivity contribution in [3.05, 3.63) is 34.3 Å². The Bertz CT molecular complexity index is 624. The second kappa shape index (κ2) is 5.22. The Balaban J connectivity index is 1.71. The number of rotatable bonds is 3. The van der Waals surface area contributed by atoms with Gasteiger partial charge in [-0.25, -0.2) is 4.98 Å². The molecule has 0 saturated carbocycles. The molecule has 1 aromatic heterocycles. The number of hydrogen-bond donors (Lipinski definition) is 2. The SMILES string of the molecule is Cc1ncc(CNc2ccc3c(c2)NC(=O)CS3)s1. The lowest BCUT2D eigenvalue weighted by atomic mass is 10.2. The molecule has 1 aromatic carbocycles. The third-order valence-electron chi connectivity index (χ3n) is 2.75. The Morgan fingerprint density at radius 2 is 2.37 bits per heavy atom. The third kappa shape index (κ3) is 2.90. The zero-order valence-electron chi connectivity index (χ0n) is 10.4. The Morgan fingerprint density at radius 1 is 1.47 bits per heavy atom. The maximum Gasteiger partial charge on any atom is 0.234 e. The monoisotopic (exact) mass is 291 g/mol. The van der Waals surface area contributed by atoms with E-state index in [0.717, 1.165) is 27.8 Å². The van der Waals surface area contributed by atoms with Crippen LogP contribution in [0.5, 0.6) is 0 Å². The van der Waals surface area contributed by atoms with Gasteiger partial charge in [0, 0.05) is 21.7 Å². The lowest BCUT2D eigenvalue weighted by molar-refractivity contribution is -0.113. The van der Waals surface area contributed by atoms with Gasteiger partial charge in [-0.15, -0.1) is 23.1 Å². The predicted molar refractivity (Wildman–Crippen MR) is 80.0 cm³/mol. The van der Waals surface area contributed by atoms with Crippen LogP contribution in [0.2, 0.25) is 0 Å². The van der Waals surface area contributed by atoms with E-state index in [1.54, 1.807) is 23.1 Å². The molecule has 4 nitrogen and oxygen atoms in total. The Morgan fingerprint density at radius 3 is 3.16 bits per heavy atom. The molecule has 0 unspecified atom stereocenters. The van der Waals surface area contributed by atoms with Crippen LogP contribution in [0.4, 0.5) is 11.4 Å². The van der Waals surface area contributed by atoms with Crippen LogP contribution in [-0.4, -0.2) is 16.6 Å². The van der Waals surface area contributed by atoms with Crippen molar-refractivity contribution in [3.63, 3.8) is 0 Å². The number of carbonyl (C=O) groups excluding carboxylic acids is 1. The van der Waals surface area contributed by atoms with E-state index in [4.69, 9.17) is 0 Å². The zero-order chi connectivity index (χ0) is 13.2. The molecule has 2 aromatic rings. The van der Waals surface area contributed by atoms with Crippen molar-refractivity contribution >= 4 is 40.4 Å². The lowest BCUT2D eigenvalue weighted by Crippen LogP contribution is -2.18. The molecule has 98 valence electrons. The van der Waals surface area contributed by atoms with Crippen LogP contribution in [0.25, 0.3) is 0 Å². The highest BCUT2D eigenvalue weighted by Gasteiger charge is 2.15. The van der Waals surface area contributed by atoms with Gasteiger partial charge in [-0.1, -0.05) is 0 Å². The molecule has 1 aliphatic heterocycles. The molecule has 0 spiro atoms. The first-order chi connectivity index (χ1) is 9.20. The lowest BCUT2D eigenvalue weighted by Gasteiger charge is -2.17. The van der Waals surface area contributed by atoms with Crippen molar-refractivity contribution in [2.24, 2.45) is 0 Å². The number of hydrogen-bond acceptors (Lipinski definition) is 5. The normalized spacial score (nSPS) is 13.8. The highest BCUT2D eigenvalue weighted by molar-refractivity contribution is 8.00.